The van der Waals surface area contributed by atoms with Crippen molar-refractivity contribution in [3.63, 3.8) is 0 Å². The van der Waals surface area contributed by atoms with E-state index in [9.17, 15) is 5.11 Å². The van der Waals surface area contributed by atoms with Crippen molar-refractivity contribution in [2.75, 3.05) is 23.4 Å². The lowest BCUT2D eigenvalue weighted by Gasteiger charge is -2.36. The van der Waals surface area contributed by atoms with Gasteiger partial charge < -0.3 is 19.7 Å². The number of nitrogens with one attached hydrogen (secondary N) is 1. The Bertz CT molecular complexity index is 1010. The van der Waals surface area contributed by atoms with E-state index in [2.05, 4.69) is 36.2 Å². The standard InChI is InChI=1S/C24H32N4O2/c1-4-7-18-15-23(28-12-6-5-8-20(28)11-13-29)27-24(25-18)26-19-9-10-22-21(14-19)16(2)17(3)30-22/h9-10,14-15,20,29H,4-8,11-13H2,1-3H3,(H,25,26,27). The monoisotopic (exact) mass is 408 g/mol. The van der Waals surface area contributed by atoms with Gasteiger partial charge >= 0.3 is 0 Å². The first-order chi connectivity index (χ1) is 14.6. The Labute approximate surface area is 178 Å². The quantitative estimate of drug-likeness (QED) is 0.554. The Morgan fingerprint density at radius 2 is 2.07 bits per heavy atom. The van der Waals surface area contributed by atoms with Gasteiger partial charge in [-0.2, -0.15) is 4.98 Å². The third-order valence-corrected chi connectivity index (χ3v) is 6.09. The van der Waals surface area contributed by atoms with Crippen LogP contribution in [0.3, 0.4) is 0 Å². The van der Waals surface area contributed by atoms with Crippen LogP contribution in [0.2, 0.25) is 0 Å². The molecule has 30 heavy (non-hydrogen) atoms. The molecule has 3 aromatic rings. The van der Waals surface area contributed by atoms with E-state index in [4.69, 9.17) is 14.4 Å². The van der Waals surface area contributed by atoms with Crippen molar-refractivity contribution in [2.24, 2.45) is 0 Å². The Hall–Kier alpha value is -2.60. The maximum atomic E-state index is 9.50. The summed E-state index contributed by atoms with van der Waals surface area (Å²) in [6, 6.07) is 8.57. The molecule has 2 aromatic heterocycles. The van der Waals surface area contributed by atoms with Crippen LogP contribution in [0.5, 0.6) is 0 Å². The Morgan fingerprint density at radius 3 is 2.87 bits per heavy atom. The van der Waals surface area contributed by atoms with Crippen LogP contribution in [-0.4, -0.2) is 34.3 Å². The number of aliphatic hydroxyl groups excluding tert-OH is 1. The summed E-state index contributed by atoms with van der Waals surface area (Å²) in [7, 11) is 0. The number of aryl methyl sites for hydroxylation is 3. The molecule has 0 saturated carbocycles. The van der Waals surface area contributed by atoms with Gasteiger partial charge in [0.05, 0.1) is 0 Å². The molecule has 1 saturated heterocycles. The lowest BCUT2D eigenvalue weighted by atomic mass is 9.99. The molecule has 6 nitrogen and oxygen atoms in total. The second-order valence-corrected chi connectivity index (χ2v) is 8.27. The third kappa shape index (κ3) is 4.29. The highest BCUT2D eigenvalue weighted by Gasteiger charge is 2.24. The second-order valence-electron chi connectivity index (χ2n) is 8.27. The predicted molar refractivity (Wildman–Crippen MR) is 122 cm³/mol. The first-order valence-electron chi connectivity index (χ1n) is 11.1. The molecule has 0 spiro atoms. The molecule has 1 aromatic carbocycles. The summed E-state index contributed by atoms with van der Waals surface area (Å²) >= 11 is 0. The summed E-state index contributed by atoms with van der Waals surface area (Å²) in [6.07, 6.45) is 6.21. The highest BCUT2D eigenvalue weighted by molar-refractivity contribution is 5.86. The van der Waals surface area contributed by atoms with Gasteiger partial charge in [-0.3, -0.25) is 0 Å². The highest BCUT2D eigenvalue weighted by Crippen LogP contribution is 2.30. The fourth-order valence-electron chi connectivity index (χ4n) is 4.37. The van der Waals surface area contributed by atoms with E-state index < -0.39 is 0 Å². The smallest absolute Gasteiger partial charge is 0.229 e. The number of hydrogen-bond donors (Lipinski definition) is 2. The van der Waals surface area contributed by atoms with Crippen LogP contribution in [0.4, 0.5) is 17.5 Å². The van der Waals surface area contributed by atoms with Gasteiger partial charge in [-0.25, -0.2) is 4.98 Å². The Morgan fingerprint density at radius 1 is 1.20 bits per heavy atom. The number of piperidine rings is 1. The third-order valence-electron chi connectivity index (χ3n) is 6.09. The zero-order valence-corrected chi connectivity index (χ0v) is 18.2. The van der Waals surface area contributed by atoms with E-state index in [-0.39, 0.29) is 6.61 Å². The molecule has 0 bridgehead atoms. The minimum absolute atomic E-state index is 0.211. The van der Waals surface area contributed by atoms with E-state index in [1.54, 1.807) is 0 Å². The molecule has 6 heteroatoms. The topological polar surface area (TPSA) is 74.4 Å². The van der Waals surface area contributed by atoms with Crippen molar-refractivity contribution in [3.05, 3.63) is 41.3 Å². The number of rotatable bonds is 7. The van der Waals surface area contributed by atoms with Crippen LogP contribution in [0.15, 0.2) is 28.7 Å². The molecule has 0 aliphatic carbocycles. The summed E-state index contributed by atoms with van der Waals surface area (Å²) < 4.78 is 5.80. The molecule has 3 heterocycles. The van der Waals surface area contributed by atoms with Crippen LogP contribution in [0, 0.1) is 13.8 Å². The van der Waals surface area contributed by atoms with Crippen LogP contribution >= 0.6 is 0 Å². The van der Waals surface area contributed by atoms with Gasteiger partial charge in [0.25, 0.3) is 0 Å². The summed E-state index contributed by atoms with van der Waals surface area (Å²) in [5.74, 6) is 2.54. The van der Waals surface area contributed by atoms with Gasteiger partial charge in [0.2, 0.25) is 5.95 Å². The number of fused-ring (bicyclic) bond motifs is 1. The fourth-order valence-corrected chi connectivity index (χ4v) is 4.37. The SMILES string of the molecule is CCCc1cc(N2CCCCC2CCO)nc(Nc2ccc3oc(C)c(C)c3c2)n1. The highest BCUT2D eigenvalue weighted by atomic mass is 16.3. The molecule has 4 rings (SSSR count). The molecule has 1 aliphatic heterocycles. The van der Waals surface area contributed by atoms with Gasteiger partial charge in [-0.15, -0.1) is 0 Å². The average molecular weight is 409 g/mol. The lowest BCUT2D eigenvalue weighted by Crippen LogP contribution is -2.40. The van der Waals surface area contributed by atoms with Gasteiger partial charge in [0.1, 0.15) is 17.2 Å². The molecule has 160 valence electrons. The van der Waals surface area contributed by atoms with Gasteiger partial charge in [-0.05, 0) is 69.7 Å². The van der Waals surface area contributed by atoms with Crippen molar-refractivity contribution >= 4 is 28.4 Å². The Kier molecular flexibility index (Phi) is 6.23. The van der Waals surface area contributed by atoms with Crippen LogP contribution < -0.4 is 10.2 Å². The van der Waals surface area contributed by atoms with Gasteiger partial charge in [-0.1, -0.05) is 13.3 Å². The van der Waals surface area contributed by atoms with Crippen molar-refractivity contribution in [1.29, 1.82) is 0 Å². The summed E-state index contributed by atoms with van der Waals surface area (Å²) in [4.78, 5) is 12.0. The van der Waals surface area contributed by atoms with E-state index in [0.717, 1.165) is 78.1 Å². The van der Waals surface area contributed by atoms with E-state index >= 15 is 0 Å². The zero-order chi connectivity index (χ0) is 21.1. The minimum atomic E-state index is 0.211. The van der Waals surface area contributed by atoms with Crippen molar-refractivity contribution in [2.45, 2.75) is 65.3 Å². The van der Waals surface area contributed by atoms with E-state index in [1.165, 1.54) is 6.42 Å². The molecule has 2 N–H and O–H groups in total. The number of anilines is 3. The zero-order valence-electron chi connectivity index (χ0n) is 18.2. The predicted octanol–water partition coefficient (Wildman–Crippen LogP) is 5.28. The normalized spacial score (nSPS) is 16.9. The fraction of sp³-hybridized carbons (Fsp3) is 0.500. The lowest BCUT2D eigenvalue weighted by molar-refractivity contribution is 0.262. The number of benzene rings is 1. The number of hydrogen-bond acceptors (Lipinski definition) is 6. The van der Waals surface area contributed by atoms with Crippen LogP contribution in [-0.2, 0) is 6.42 Å². The first kappa shape index (κ1) is 20.7. The summed E-state index contributed by atoms with van der Waals surface area (Å²) in [6.45, 7) is 7.43. The van der Waals surface area contributed by atoms with Crippen molar-refractivity contribution in [1.82, 2.24) is 9.97 Å². The maximum Gasteiger partial charge on any atom is 0.229 e. The minimum Gasteiger partial charge on any atom is -0.461 e. The van der Waals surface area contributed by atoms with E-state index in [1.807, 2.05) is 19.1 Å². The maximum absolute atomic E-state index is 9.50. The molecule has 1 unspecified atom stereocenters. The van der Waals surface area contributed by atoms with Crippen molar-refractivity contribution in [3.8, 4) is 0 Å². The van der Waals surface area contributed by atoms with Gasteiger partial charge in [0.15, 0.2) is 0 Å². The number of aliphatic hydroxyl groups is 1. The van der Waals surface area contributed by atoms with Crippen molar-refractivity contribution < 1.29 is 9.52 Å². The first-order valence-corrected chi connectivity index (χ1v) is 11.1. The second kappa shape index (κ2) is 9.04. The van der Waals surface area contributed by atoms with Crippen LogP contribution in [0.1, 0.15) is 56.0 Å². The van der Waals surface area contributed by atoms with Gasteiger partial charge in [0, 0.05) is 42.0 Å². The Balaban J connectivity index is 1.66. The van der Waals surface area contributed by atoms with E-state index in [0.29, 0.717) is 12.0 Å². The molecular weight excluding hydrogens is 376 g/mol. The molecule has 0 radical (unpaired) electrons. The molecule has 1 aliphatic rings. The number of nitrogens with zero attached hydrogens (tertiary/aromatic N) is 3. The number of furan rings is 1. The molecule has 0 amide bonds. The number of aromatic nitrogens is 2. The average Bonchev–Trinajstić information content (AvgIpc) is 3.02. The largest absolute Gasteiger partial charge is 0.461 e. The molecule has 1 atom stereocenters. The molecule has 1 fully saturated rings. The molecular formula is C24H32N4O2. The van der Waals surface area contributed by atoms with Crippen LogP contribution in [0.25, 0.3) is 11.0 Å². The summed E-state index contributed by atoms with van der Waals surface area (Å²) in [5, 5.41) is 14.0. The summed E-state index contributed by atoms with van der Waals surface area (Å²) in [5.41, 5.74) is 4.07.